The number of nitrogens with zero attached hydrogens (tertiary/aromatic N) is 2. The average Bonchev–Trinajstić information content (AvgIpc) is 1.83. The molecule has 2 nitrogen and oxygen atoms in total. The van der Waals surface area contributed by atoms with Crippen LogP contribution in [-0.2, 0) is 0 Å². The molecule has 0 aliphatic rings. The molecule has 0 fully saturated rings. The molecule has 2 radical (unpaired) electrons. The van der Waals surface area contributed by atoms with Crippen molar-refractivity contribution in [1.29, 1.82) is 0 Å². The Kier molecular flexibility index (Phi) is 4.72. The van der Waals surface area contributed by atoms with Gasteiger partial charge < -0.3 is 9.80 Å². The molecule has 0 aliphatic carbocycles. The first kappa shape index (κ1) is 8.92. The molecule has 9 heavy (non-hydrogen) atoms. The predicted molar refractivity (Wildman–Crippen MR) is 40.8 cm³/mol. The summed E-state index contributed by atoms with van der Waals surface area (Å²) in [5, 5.41) is 0. The maximum atomic E-state index is 3.65. The lowest BCUT2D eigenvalue weighted by Gasteiger charge is -2.16. The van der Waals surface area contributed by atoms with Crippen molar-refractivity contribution in [2.45, 2.75) is 0 Å². The Morgan fingerprint density at radius 1 is 1.22 bits per heavy atom. The van der Waals surface area contributed by atoms with E-state index in [1.165, 1.54) is 0 Å². The van der Waals surface area contributed by atoms with Crippen LogP contribution in [0.5, 0.6) is 0 Å². The van der Waals surface area contributed by atoms with E-state index in [0.717, 1.165) is 13.1 Å². The van der Waals surface area contributed by atoms with Gasteiger partial charge in [0, 0.05) is 19.6 Å². The molecule has 0 rings (SSSR count). The second kappa shape index (κ2) is 4.77. The smallest absolute Gasteiger partial charge is 0.0249 e. The molecular formula is C7H16N2. The molecule has 0 atom stereocenters. The van der Waals surface area contributed by atoms with Crippen LogP contribution in [-0.4, -0.2) is 44.0 Å². The van der Waals surface area contributed by atoms with Gasteiger partial charge in [0.15, 0.2) is 0 Å². The topological polar surface area (TPSA) is 6.48 Å². The number of likely N-dealkylation sites (N-methyl/N-ethyl adjacent to an activating group) is 2. The number of hydrogen-bond donors (Lipinski definition) is 0. The van der Waals surface area contributed by atoms with E-state index in [2.05, 4.69) is 30.8 Å². The summed E-state index contributed by atoms with van der Waals surface area (Å²) in [6.45, 7) is 7.62. The van der Waals surface area contributed by atoms with Crippen molar-refractivity contribution < 1.29 is 0 Å². The Bertz CT molecular complexity index is 61.9. The van der Waals surface area contributed by atoms with Crippen LogP contribution in [0.15, 0.2) is 0 Å². The predicted octanol–water partition coefficient (Wildman–Crippen LogP) is 0.476. The summed E-state index contributed by atoms with van der Waals surface area (Å²) in [4.78, 5) is 4.22. The van der Waals surface area contributed by atoms with Crippen molar-refractivity contribution >= 4 is 0 Å². The fourth-order valence-electron chi connectivity index (χ4n) is 0.449. The molecule has 2 heteroatoms. The van der Waals surface area contributed by atoms with Gasteiger partial charge in [0.25, 0.3) is 0 Å². The minimum absolute atomic E-state index is 1.05. The van der Waals surface area contributed by atoms with Crippen molar-refractivity contribution in [3.63, 3.8) is 0 Å². The van der Waals surface area contributed by atoms with Gasteiger partial charge in [-0.3, -0.25) is 0 Å². The van der Waals surface area contributed by atoms with Gasteiger partial charge in [0.2, 0.25) is 0 Å². The van der Waals surface area contributed by atoms with E-state index in [4.69, 9.17) is 0 Å². The first-order valence-corrected chi connectivity index (χ1v) is 3.14. The molecule has 0 amide bonds. The lowest BCUT2D eigenvalue weighted by atomic mass is 10.5. The van der Waals surface area contributed by atoms with E-state index < -0.39 is 0 Å². The van der Waals surface area contributed by atoms with Crippen LogP contribution in [0.25, 0.3) is 0 Å². The molecule has 54 valence electrons. The second-order valence-corrected chi connectivity index (χ2v) is 2.47. The first-order chi connectivity index (χ1) is 4.16. The largest absolute Gasteiger partial charge is 0.308 e. The summed E-state index contributed by atoms with van der Waals surface area (Å²) in [5.41, 5.74) is 0. The van der Waals surface area contributed by atoms with E-state index in [1.807, 2.05) is 13.6 Å². The number of rotatable bonds is 4. The molecule has 0 N–H and O–H groups in total. The van der Waals surface area contributed by atoms with E-state index >= 15 is 0 Å². The Hall–Kier alpha value is -0.0800. The quantitative estimate of drug-likeness (QED) is 0.543. The lowest BCUT2D eigenvalue weighted by molar-refractivity contribution is 0.327. The zero-order valence-electron chi connectivity index (χ0n) is 6.59. The second-order valence-electron chi connectivity index (χ2n) is 2.47. The van der Waals surface area contributed by atoms with Gasteiger partial charge in [-0.15, -0.1) is 0 Å². The highest BCUT2D eigenvalue weighted by Crippen LogP contribution is 1.84. The van der Waals surface area contributed by atoms with Gasteiger partial charge in [-0.05, 0) is 28.1 Å². The molecule has 0 unspecified atom stereocenters. The molecule has 0 aromatic rings. The third kappa shape index (κ3) is 5.80. The highest BCUT2D eigenvalue weighted by molar-refractivity contribution is 4.66. The van der Waals surface area contributed by atoms with Crippen molar-refractivity contribution in [2.24, 2.45) is 0 Å². The minimum Gasteiger partial charge on any atom is -0.308 e. The number of hydrogen-bond acceptors (Lipinski definition) is 2. The zero-order chi connectivity index (χ0) is 7.28. The molecular weight excluding hydrogens is 112 g/mol. The molecule has 0 aliphatic heterocycles. The molecule has 0 saturated heterocycles. The summed E-state index contributed by atoms with van der Waals surface area (Å²) in [7, 11) is 6.16. The van der Waals surface area contributed by atoms with E-state index in [-0.39, 0.29) is 0 Å². The zero-order valence-corrected chi connectivity index (χ0v) is 6.59. The lowest BCUT2D eigenvalue weighted by Crippen LogP contribution is -2.26. The Morgan fingerprint density at radius 2 is 1.78 bits per heavy atom. The maximum absolute atomic E-state index is 3.65. The first-order valence-electron chi connectivity index (χ1n) is 3.14. The van der Waals surface area contributed by atoms with E-state index in [9.17, 15) is 0 Å². The third-order valence-electron chi connectivity index (χ3n) is 1.21. The average molecular weight is 128 g/mol. The van der Waals surface area contributed by atoms with Crippen LogP contribution >= 0.6 is 0 Å². The summed E-state index contributed by atoms with van der Waals surface area (Å²) in [5.74, 6) is 0. The van der Waals surface area contributed by atoms with Crippen LogP contribution < -0.4 is 0 Å². The van der Waals surface area contributed by atoms with Crippen molar-refractivity contribution in [2.75, 3.05) is 34.2 Å². The van der Waals surface area contributed by atoms with Crippen LogP contribution in [0.2, 0.25) is 0 Å². The highest BCUT2D eigenvalue weighted by Gasteiger charge is 1.93. The Balaban J connectivity index is 3.06. The standard InChI is InChI=1S/C7H16N2/c1-5-9(4)7-6-8(2)3/h5H,1,6-7H2,2-4H3. The molecule has 0 aromatic carbocycles. The fourth-order valence-corrected chi connectivity index (χ4v) is 0.449. The van der Waals surface area contributed by atoms with Crippen molar-refractivity contribution in [1.82, 2.24) is 9.80 Å². The maximum Gasteiger partial charge on any atom is 0.0249 e. The Morgan fingerprint density at radius 3 is 2.11 bits per heavy atom. The van der Waals surface area contributed by atoms with Gasteiger partial charge in [-0.1, -0.05) is 0 Å². The molecule has 0 bridgehead atoms. The van der Waals surface area contributed by atoms with Gasteiger partial charge >= 0.3 is 0 Å². The summed E-state index contributed by atoms with van der Waals surface area (Å²) in [6.07, 6.45) is 0. The summed E-state index contributed by atoms with van der Waals surface area (Å²) < 4.78 is 0. The van der Waals surface area contributed by atoms with Crippen LogP contribution in [0.4, 0.5) is 0 Å². The van der Waals surface area contributed by atoms with Gasteiger partial charge in [0.1, 0.15) is 0 Å². The normalized spacial score (nSPS) is 11.3. The Labute approximate surface area is 58.4 Å². The van der Waals surface area contributed by atoms with Crippen LogP contribution in [0.3, 0.4) is 0 Å². The highest BCUT2D eigenvalue weighted by atomic mass is 15.1. The van der Waals surface area contributed by atoms with Crippen LogP contribution in [0.1, 0.15) is 0 Å². The van der Waals surface area contributed by atoms with Gasteiger partial charge in [-0.25, -0.2) is 0 Å². The fraction of sp³-hybridized carbons (Fsp3) is 0.714. The van der Waals surface area contributed by atoms with Gasteiger partial charge in [-0.2, -0.15) is 0 Å². The minimum atomic E-state index is 1.05. The van der Waals surface area contributed by atoms with Gasteiger partial charge in [0.05, 0.1) is 0 Å². The van der Waals surface area contributed by atoms with Crippen molar-refractivity contribution in [3.8, 4) is 0 Å². The van der Waals surface area contributed by atoms with Crippen molar-refractivity contribution in [3.05, 3.63) is 13.5 Å². The molecule has 0 aromatic heterocycles. The SMILES string of the molecule is [CH2][CH]N(C)CCN(C)C. The molecule has 0 heterocycles. The molecule has 0 saturated carbocycles. The van der Waals surface area contributed by atoms with E-state index in [1.54, 1.807) is 0 Å². The summed E-state index contributed by atoms with van der Waals surface area (Å²) >= 11 is 0. The van der Waals surface area contributed by atoms with E-state index in [0.29, 0.717) is 0 Å². The third-order valence-corrected chi connectivity index (χ3v) is 1.21. The molecule has 0 spiro atoms. The monoisotopic (exact) mass is 128 g/mol. The summed E-state index contributed by atoms with van der Waals surface area (Å²) in [6, 6.07) is 0. The van der Waals surface area contributed by atoms with Crippen LogP contribution in [0, 0.1) is 13.5 Å².